The van der Waals surface area contributed by atoms with Crippen molar-refractivity contribution in [2.24, 2.45) is 11.3 Å². The van der Waals surface area contributed by atoms with Crippen LogP contribution in [0.1, 0.15) is 50.4 Å². The molecule has 1 aromatic rings. The van der Waals surface area contributed by atoms with Crippen molar-refractivity contribution in [3.05, 3.63) is 11.7 Å². The Morgan fingerprint density at radius 2 is 1.88 bits per heavy atom. The highest BCUT2D eigenvalue weighted by molar-refractivity contribution is 5.83. The Morgan fingerprint density at radius 3 is 2.44 bits per heavy atom. The fraction of sp³-hybridized carbons (Fsp3) is 0.833. The van der Waals surface area contributed by atoms with Crippen LogP contribution in [0.3, 0.4) is 0 Å². The summed E-state index contributed by atoms with van der Waals surface area (Å²) in [6.07, 6.45) is 4.21. The van der Waals surface area contributed by atoms with E-state index in [-0.39, 0.29) is 11.5 Å². The van der Waals surface area contributed by atoms with Crippen LogP contribution in [0.15, 0.2) is 4.52 Å². The first-order valence-corrected chi connectivity index (χ1v) is 9.51. The summed E-state index contributed by atoms with van der Waals surface area (Å²) in [5, 5.41) is 3.88. The zero-order valence-corrected chi connectivity index (χ0v) is 15.2. The van der Waals surface area contributed by atoms with Crippen LogP contribution in [0.2, 0.25) is 0 Å². The van der Waals surface area contributed by atoms with Gasteiger partial charge >= 0.3 is 0 Å². The number of hydrogen-bond acceptors (Lipinski definition) is 6. The molecule has 2 saturated heterocycles. The smallest absolute Gasteiger partial charge is 0.243 e. The molecular formula is C18H28N4O3. The molecule has 0 N–H and O–H groups in total. The molecular weight excluding hydrogens is 320 g/mol. The van der Waals surface area contributed by atoms with Crippen LogP contribution in [-0.4, -0.2) is 65.2 Å². The highest BCUT2D eigenvalue weighted by atomic mass is 16.5. The highest BCUT2D eigenvalue weighted by Gasteiger charge is 2.52. The third-order valence-electron chi connectivity index (χ3n) is 6.22. The fourth-order valence-electron chi connectivity index (χ4n) is 4.43. The standard InChI is InChI=1S/C18H28N4O3/c1-13(16-19-14(2)20-25-16)21-7-9-22(10-8-21)17(23)18(15-3-4-15)5-11-24-12-6-18/h13,15H,3-12H2,1-2H3/t13-/m0/s1. The van der Waals surface area contributed by atoms with Crippen molar-refractivity contribution >= 4 is 5.91 Å². The van der Waals surface area contributed by atoms with E-state index in [9.17, 15) is 4.79 Å². The van der Waals surface area contributed by atoms with E-state index in [1.54, 1.807) is 0 Å². The van der Waals surface area contributed by atoms with Gasteiger partial charge in [-0.2, -0.15) is 4.98 Å². The first-order chi connectivity index (χ1) is 12.1. The lowest BCUT2D eigenvalue weighted by molar-refractivity contribution is -0.152. The first kappa shape index (κ1) is 17.0. The quantitative estimate of drug-likeness (QED) is 0.826. The van der Waals surface area contributed by atoms with Gasteiger partial charge in [0.05, 0.1) is 11.5 Å². The van der Waals surface area contributed by atoms with E-state index in [1.807, 2.05) is 6.92 Å². The van der Waals surface area contributed by atoms with E-state index in [2.05, 4.69) is 26.9 Å². The number of hydrogen-bond donors (Lipinski definition) is 0. The highest BCUT2D eigenvalue weighted by Crippen LogP contribution is 2.52. The van der Waals surface area contributed by atoms with E-state index in [0.717, 1.165) is 52.2 Å². The number of carbonyl (C=O) groups is 1. The topological polar surface area (TPSA) is 71.7 Å². The van der Waals surface area contributed by atoms with Crippen molar-refractivity contribution in [3.8, 4) is 0 Å². The molecule has 0 radical (unpaired) electrons. The van der Waals surface area contributed by atoms with Crippen molar-refractivity contribution in [2.75, 3.05) is 39.4 Å². The summed E-state index contributed by atoms with van der Waals surface area (Å²) < 4.78 is 10.8. The summed E-state index contributed by atoms with van der Waals surface area (Å²) in [6.45, 7) is 8.66. The van der Waals surface area contributed by atoms with Crippen LogP contribution in [-0.2, 0) is 9.53 Å². The molecule has 0 aromatic carbocycles. The minimum atomic E-state index is -0.143. The molecule has 1 aliphatic carbocycles. The number of nitrogens with zero attached hydrogens (tertiary/aromatic N) is 4. The summed E-state index contributed by atoms with van der Waals surface area (Å²) >= 11 is 0. The number of piperazine rings is 1. The van der Waals surface area contributed by atoms with Gasteiger partial charge in [0, 0.05) is 39.4 Å². The number of carbonyl (C=O) groups excluding carboxylic acids is 1. The molecule has 1 amide bonds. The zero-order chi connectivity index (χ0) is 17.4. The lowest BCUT2D eigenvalue weighted by atomic mass is 9.74. The molecule has 25 heavy (non-hydrogen) atoms. The van der Waals surface area contributed by atoms with Gasteiger partial charge in [0.1, 0.15) is 0 Å². The Hall–Kier alpha value is -1.47. The predicted molar refractivity (Wildman–Crippen MR) is 90.8 cm³/mol. The fourth-order valence-corrected chi connectivity index (χ4v) is 4.43. The third kappa shape index (κ3) is 3.19. The maximum Gasteiger partial charge on any atom is 0.243 e. The minimum Gasteiger partial charge on any atom is -0.381 e. The van der Waals surface area contributed by atoms with E-state index >= 15 is 0 Å². The van der Waals surface area contributed by atoms with Gasteiger partial charge in [-0.25, -0.2) is 0 Å². The second-order valence-corrected chi connectivity index (χ2v) is 7.73. The molecule has 1 saturated carbocycles. The summed E-state index contributed by atoms with van der Waals surface area (Å²) in [5.41, 5.74) is -0.143. The average Bonchev–Trinajstić information content (AvgIpc) is 3.43. The van der Waals surface area contributed by atoms with E-state index in [1.165, 1.54) is 12.8 Å². The van der Waals surface area contributed by atoms with Gasteiger partial charge in [0.15, 0.2) is 5.82 Å². The number of aryl methyl sites for hydroxylation is 1. The lowest BCUT2D eigenvalue weighted by Crippen LogP contribution is -2.55. The Morgan fingerprint density at radius 1 is 1.20 bits per heavy atom. The molecule has 7 nitrogen and oxygen atoms in total. The van der Waals surface area contributed by atoms with Gasteiger partial charge in [0.25, 0.3) is 0 Å². The largest absolute Gasteiger partial charge is 0.381 e. The normalized spacial score (nSPS) is 25.8. The van der Waals surface area contributed by atoms with Crippen LogP contribution in [0, 0.1) is 18.3 Å². The summed E-state index contributed by atoms with van der Waals surface area (Å²) in [5.74, 6) is 2.29. The van der Waals surface area contributed by atoms with Crippen molar-refractivity contribution in [1.82, 2.24) is 19.9 Å². The van der Waals surface area contributed by atoms with E-state index in [0.29, 0.717) is 23.5 Å². The van der Waals surface area contributed by atoms with E-state index in [4.69, 9.17) is 9.26 Å². The molecule has 3 aliphatic rings. The van der Waals surface area contributed by atoms with Crippen LogP contribution in [0.4, 0.5) is 0 Å². The molecule has 0 bridgehead atoms. The molecule has 138 valence electrons. The SMILES string of the molecule is Cc1noc([C@H](C)N2CCN(C(=O)C3(C4CC4)CCOCC3)CC2)n1. The molecule has 3 fully saturated rings. The Labute approximate surface area is 148 Å². The molecule has 0 unspecified atom stereocenters. The average molecular weight is 348 g/mol. The minimum absolute atomic E-state index is 0.0962. The van der Waals surface area contributed by atoms with Gasteiger partial charge in [-0.1, -0.05) is 5.16 Å². The van der Waals surface area contributed by atoms with Gasteiger partial charge in [-0.05, 0) is 45.4 Å². The summed E-state index contributed by atoms with van der Waals surface area (Å²) in [7, 11) is 0. The molecule has 2 aliphatic heterocycles. The van der Waals surface area contributed by atoms with Crippen LogP contribution < -0.4 is 0 Å². The number of rotatable bonds is 4. The van der Waals surface area contributed by atoms with E-state index < -0.39 is 0 Å². The summed E-state index contributed by atoms with van der Waals surface area (Å²) in [6, 6.07) is 0.0962. The second kappa shape index (κ2) is 6.68. The maximum atomic E-state index is 13.3. The van der Waals surface area contributed by atoms with Gasteiger partial charge in [-0.15, -0.1) is 0 Å². The predicted octanol–water partition coefficient (Wildman–Crippen LogP) is 1.79. The second-order valence-electron chi connectivity index (χ2n) is 7.73. The van der Waals surface area contributed by atoms with Crippen LogP contribution in [0.25, 0.3) is 0 Å². The Balaban J connectivity index is 1.38. The monoisotopic (exact) mass is 348 g/mol. The zero-order valence-electron chi connectivity index (χ0n) is 15.2. The Kier molecular flexibility index (Phi) is 4.54. The van der Waals surface area contributed by atoms with Crippen molar-refractivity contribution in [3.63, 3.8) is 0 Å². The van der Waals surface area contributed by atoms with Crippen LogP contribution >= 0.6 is 0 Å². The molecule has 1 atom stereocenters. The number of aromatic nitrogens is 2. The van der Waals surface area contributed by atoms with Gasteiger partial charge in [0.2, 0.25) is 11.8 Å². The third-order valence-corrected chi connectivity index (χ3v) is 6.22. The first-order valence-electron chi connectivity index (χ1n) is 9.51. The van der Waals surface area contributed by atoms with Gasteiger partial charge < -0.3 is 14.2 Å². The lowest BCUT2D eigenvalue weighted by Gasteiger charge is -2.43. The van der Waals surface area contributed by atoms with Crippen molar-refractivity contribution in [2.45, 2.75) is 45.6 Å². The number of ether oxygens (including phenoxy) is 1. The molecule has 3 heterocycles. The van der Waals surface area contributed by atoms with Crippen molar-refractivity contribution < 1.29 is 14.1 Å². The molecule has 7 heteroatoms. The van der Waals surface area contributed by atoms with Crippen LogP contribution in [0.5, 0.6) is 0 Å². The molecule has 1 aromatic heterocycles. The Bertz CT molecular complexity index is 614. The molecule has 0 spiro atoms. The number of amides is 1. The van der Waals surface area contributed by atoms with Gasteiger partial charge in [-0.3, -0.25) is 9.69 Å². The van der Waals surface area contributed by atoms with Crippen molar-refractivity contribution in [1.29, 1.82) is 0 Å². The summed E-state index contributed by atoms with van der Waals surface area (Å²) in [4.78, 5) is 22.1. The molecule has 4 rings (SSSR count). The maximum absolute atomic E-state index is 13.3.